The number of phenols is 1. The zero-order valence-electron chi connectivity index (χ0n) is 10.5. The molecule has 1 atom stereocenters. The molecule has 0 aliphatic carbocycles. The fraction of sp³-hybridized carbons (Fsp3) is 0.200. The van der Waals surface area contributed by atoms with Crippen LogP contribution in [0, 0.1) is 0 Å². The maximum atomic E-state index is 9.82. The predicted molar refractivity (Wildman–Crippen MR) is 72.9 cm³/mol. The fourth-order valence-electron chi connectivity index (χ4n) is 1.77. The topological polar surface area (TPSA) is 75.7 Å². The van der Waals surface area contributed by atoms with E-state index in [1.54, 1.807) is 12.1 Å². The number of nitrogens with two attached hydrogens (primary N) is 1. The van der Waals surface area contributed by atoms with Crippen LogP contribution in [-0.4, -0.2) is 16.8 Å². The summed E-state index contributed by atoms with van der Waals surface area (Å²) in [6, 6.07) is 14.1. The van der Waals surface area contributed by atoms with Gasteiger partial charge in [-0.3, -0.25) is 0 Å². The summed E-state index contributed by atoms with van der Waals surface area (Å²) in [6.45, 7) is 0.226. The third-order valence-corrected chi connectivity index (χ3v) is 2.85. The molecule has 0 aromatic heterocycles. The van der Waals surface area contributed by atoms with Crippen molar-refractivity contribution in [3.05, 3.63) is 59.7 Å². The third-order valence-electron chi connectivity index (χ3n) is 2.85. The number of rotatable bonds is 5. The Morgan fingerprint density at radius 1 is 1.11 bits per heavy atom. The molecule has 0 saturated heterocycles. The highest BCUT2D eigenvalue weighted by atomic mass is 16.5. The molecule has 0 radical (unpaired) electrons. The van der Waals surface area contributed by atoms with E-state index in [2.05, 4.69) is 0 Å². The van der Waals surface area contributed by atoms with Crippen molar-refractivity contribution >= 4 is 0 Å². The Morgan fingerprint density at radius 2 is 1.84 bits per heavy atom. The molecular weight excluding hydrogens is 242 g/mol. The van der Waals surface area contributed by atoms with Crippen molar-refractivity contribution in [1.29, 1.82) is 0 Å². The third kappa shape index (κ3) is 3.47. The van der Waals surface area contributed by atoms with Gasteiger partial charge in [0.2, 0.25) is 0 Å². The van der Waals surface area contributed by atoms with Crippen molar-refractivity contribution in [3.8, 4) is 11.5 Å². The standard InChI is InChI=1S/C15H17NO3/c16-14(9-17)13-7-6-12(8-15(13)18)19-10-11-4-2-1-3-5-11/h1-8,14,17-18H,9-10,16H2/t14-/m0/s1. The Morgan fingerprint density at radius 3 is 2.47 bits per heavy atom. The summed E-state index contributed by atoms with van der Waals surface area (Å²) >= 11 is 0. The number of hydrogen-bond donors (Lipinski definition) is 3. The van der Waals surface area contributed by atoms with Gasteiger partial charge in [-0.2, -0.15) is 0 Å². The predicted octanol–water partition coefficient (Wildman–Crippen LogP) is 1.96. The Balaban J connectivity index is 2.04. The van der Waals surface area contributed by atoms with Crippen LogP contribution >= 0.6 is 0 Å². The second-order valence-corrected chi connectivity index (χ2v) is 4.28. The van der Waals surface area contributed by atoms with E-state index in [1.807, 2.05) is 30.3 Å². The van der Waals surface area contributed by atoms with E-state index in [4.69, 9.17) is 15.6 Å². The van der Waals surface area contributed by atoms with E-state index >= 15 is 0 Å². The summed E-state index contributed by atoms with van der Waals surface area (Å²) in [5.41, 5.74) is 7.22. The maximum Gasteiger partial charge on any atom is 0.124 e. The Kier molecular flexibility index (Phi) is 4.39. The Bertz CT molecular complexity index is 528. The van der Waals surface area contributed by atoms with Gasteiger partial charge in [0.1, 0.15) is 18.1 Å². The number of aliphatic hydroxyl groups excluding tert-OH is 1. The molecule has 2 rings (SSSR count). The van der Waals surface area contributed by atoms with Gasteiger partial charge in [0.05, 0.1) is 12.6 Å². The molecule has 4 heteroatoms. The first-order valence-electron chi connectivity index (χ1n) is 6.07. The molecule has 2 aromatic rings. The van der Waals surface area contributed by atoms with E-state index in [-0.39, 0.29) is 12.4 Å². The highest BCUT2D eigenvalue weighted by molar-refractivity contribution is 5.41. The molecule has 0 unspecified atom stereocenters. The lowest BCUT2D eigenvalue weighted by Gasteiger charge is -2.12. The summed E-state index contributed by atoms with van der Waals surface area (Å²) in [7, 11) is 0. The molecule has 2 aromatic carbocycles. The number of aliphatic hydroxyl groups is 1. The zero-order chi connectivity index (χ0) is 13.7. The number of ether oxygens (including phenoxy) is 1. The van der Waals surface area contributed by atoms with Gasteiger partial charge in [0, 0.05) is 11.6 Å². The van der Waals surface area contributed by atoms with E-state index in [0.717, 1.165) is 5.56 Å². The minimum atomic E-state index is -0.580. The summed E-state index contributed by atoms with van der Waals surface area (Å²) < 4.78 is 5.58. The van der Waals surface area contributed by atoms with Crippen LogP contribution in [-0.2, 0) is 6.61 Å². The second-order valence-electron chi connectivity index (χ2n) is 4.28. The molecule has 4 N–H and O–H groups in total. The van der Waals surface area contributed by atoms with Gasteiger partial charge in [-0.1, -0.05) is 30.3 Å². The lowest BCUT2D eigenvalue weighted by molar-refractivity contribution is 0.264. The van der Waals surface area contributed by atoms with Crippen molar-refractivity contribution in [3.63, 3.8) is 0 Å². The van der Waals surface area contributed by atoms with Crippen LogP contribution in [0.15, 0.2) is 48.5 Å². The van der Waals surface area contributed by atoms with Gasteiger partial charge in [0.25, 0.3) is 0 Å². The van der Waals surface area contributed by atoms with Crippen LogP contribution in [0.1, 0.15) is 17.2 Å². The first-order chi connectivity index (χ1) is 9.20. The van der Waals surface area contributed by atoms with E-state index in [1.165, 1.54) is 6.07 Å². The first kappa shape index (κ1) is 13.4. The smallest absolute Gasteiger partial charge is 0.124 e. The molecule has 0 bridgehead atoms. The van der Waals surface area contributed by atoms with Crippen LogP contribution in [0.2, 0.25) is 0 Å². The molecule has 0 heterocycles. The van der Waals surface area contributed by atoms with E-state index < -0.39 is 6.04 Å². The summed E-state index contributed by atoms with van der Waals surface area (Å²) in [4.78, 5) is 0. The number of benzene rings is 2. The minimum Gasteiger partial charge on any atom is -0.507 e. The molecule has 0 fully saturated rings. The van der Waals surface area contributed by atoms with Gasteiger partial charge in [0.15, 0.2) is 0 Å². The van der Waals surface area contributed by atoms with Crippen LogP contribution in [0.5, 0.6) is 11.5 Å². The van der Waals surface area contributed by atoms with Crippen LogP contribution in [0.3, 0.4) is 0 Å². The highest BCUT2D eigenvalue weighted by Crippen LogP contribution is 2.27. The summed E-state index contributed by atoms with van der Waals surface area (Å²) in [6.07, 6.45) is 0. The van der Waals surface area contributed by atoms with Crippen LogP contribution in [0.4, 0.5) is 0 Å². The number of aromatic hydroxyl groups is 1. The Labute approximate surface area is 112 Å². The average molecular weight is 259 g/mol. The van der Waals surface area contributed by atoms with Crippen molar-refractivity contribution in [2.24, 2.45) is 5.73 Å². The van der Waals surface area contributed by atoms with Gasteiger partial charge < -0.3 is 20.7 Å². The molecule has 100 valence electrons. The quantitative estimate of drug-likeness (QED) is 0.767. The monoisotopic (exact) mass is 259 g/mol. The van der Waals surface area contributed by atoms with Crippen molar-refractivity contribution < 1.29 is 14.9 Å². The molecule has 0 spiro atoms. The normalized spacial score (nSPS) is 12.1. The summed E-state index contributed by atoms with van der Waals surface area (Å²) in [5, 5.41) is 18.8. The van der Waals surface area contributed by atoms with E-state index in [0.29, 0.717) is 17.9 Å². The summed E-state index contributed by atoms with van der Waals surface area (Å²) in [5.74, 6) is 0.599. The first-order valence-corrected chi connectivity index (χ1v) is 6.07. The van der Waals surface area contributed by atoms with Gasteiger partial charge >= 0.3 is 0 Å². The van der Waals surface area contributed by atoms with Gasteiger partial charge in [-0.15, -0.1) is 0 Å². The van der Waals surface area contributed by atoms with Gasteiger partial charge in [-0.05, 0) is 17.7 Å². The average Bonchev–Trinajstić information content (AvgIpc) is 2.45. The highest BCUT2D eigenvalue weighted by Gasteiger charge is 2.10. The molecule has 19 heavy (non-hydrogen) atoms. The van der Waals surface area contributed by atoms with Crippen molar-refractivity contribution in [2.75, 3.05) is 6.61 Å². The molecular formula is C15H17NO3. The fourth-order valence-corrected chi connectivity index (χ4v) is 1.77. The molecule has 0 aliphatic rings. The van der Waals surface area contributed by atoms with Crippen LogP contribution in [0.25, 0.3) is 0 Å². The lowest BCUT2D eigenvalue weighted by atomic mass is 10.1. The lowest BCUT2D eigenvalue weighted by Crippen LogP contribution is -2.14. The largest absolute Gasteiger partial charge is 0.507 e. The number of hydrogen-bond acceptors (Lipinski definition) is 4. The Hall–Kier alpha value is -2.04. The molecule has 4 nitrogen and oxygen atoms in total. The van der Waals surface area contributed by atoms with Crippen molar-refractivity contribution in [1.82, 2.24) is 0 Å². The number of phenolic OH excluding ortho intramolecular Hbond substituents is 1. The van der Waals surface area contributed by atoms with Gasteiger partial charge in [-0.25, -0.2) is 0 Å². The van der Waals surface area contributed by atoms with Crippen LogP contribution < -0.4 is 10.5 Å². The molecule has 0 saturated carbocycles. The zero-order valence-corrected chi connectivity index (χ0v) is 10.5. The minimum absolute atomic E-state index is 0.0344. The molecule has 0 aliphatic heterocycles. The SMILES string of the molecule is N[C@@H](CO)c1ccc(OCc2ccccc2)cc1O. The van der Waals surface area contributed by atoms with Crippen molar-refractivity contribution in [2.45, 2.75) is 12.6 Å². The van der Waals surface area contributed by atoms with E-state index in [9.17, 15) is 5.11 Å². The maximum absolute atomic E-state index is 9.82. The second kappa shape index (κ2) is 6.22. The molecule has 0 amide bonds.